The smallest absolute Gasteiger partial charge is 0.326 e. The van der Waals surface area contributed by atoms with Gasteiger partial charge in [0.2, 0.25) is 5.91 Å². The second-order valence-corrected chi connectivity index (χ2v) is 9.44. The van der Waals surface area contributed by atoms with Gasteiger partial charge in [-0.25, -0.2) is 9.78 Å². The monoisotopic (exact) mass is 494 g/mol. The molecule has 1 atom stereocenters. The molecule has 0 saturated carbocycles. The molecule has 1 amide bonds. The summed E-state index contributed by atoms with van der Waals surface area (Å²) >= 11 is 0. The predicted molar refractivity (Wildman–Crippen MR) is 142 cm³/mol. The molecule has 1 aliphatic heterocycles. The van der Waals surface area contributed by atoms with Gasteiger partial charge in [0.15, 0.2) is 0 Å². The number of aliphatic carboxylic acids is 1. The average molecular weight is 495 g/mol. The van der Waals surface area contributed by atoms with Crippen LogP contribution in [-0.2, 0) is 29.1 Å². The lowest BCUT2D eigenvalue weighted by Crippen LogP contribution is -2.50. The first-order valence-electron chi connectivity index (χ1n) is 12.4. The molecule has 4 aromatic rings. The van der Waals surface area contributed by atoms with Crippen LogP contribution in [0.4, 0.5) is 5.69 Å². The Kier molecular flexibility index (Phi) is 6.77. The van der Waals surface area contributed by atoms with E-state index in [0.29, 0.717) is 6.54 Å². The molecule has 0 saturated heterocycles. The number of hydrogen-bond donors (Lipinski definition) is 2. The number of rotatable bonds is 7. The number of anilines is 1. The summed E-state index contributed by atoms with van der Waals surface area (Å²) < 4.78 is 2.01. The van der Waals surface area contributed by atoms with Crippen LogP contribution in [0, 0.1) is 6.92 Å². The molecule has 2 N–H and O–H groups in total. The van der Waals surface area contributed by atoms with E-state index in [0.717, 1.165) is 39.3 Å². The number of carboxylic acid groups (broad SMARTS) is 1. The molecule has 0 bridgehead atoms. The first-order valence-corrected chi connectivity index (χ1v) is 12.4. The zero-order chi connectivity index (χ0) is 25.9. The van der Waals surface area contributed by atoms with Gasteiger partial charge in [-0.3, -0.25) is 4.79 Å². The number of nitrogens with zero attached hydrogens (tertiary/aromatic N) is 3. The van der Waals surface area contributed by atoms with Crippen molar-refractivity contribution in [2.75, 3.05) is 12.4 Å². The highest BCUT2D eigenvalue weighted by atomic mass is 16.4. The molecule has 1 unspecified atom stereocenters. The molecule has 0 fully saturated rings. The van der Waals surface area contributed by atoms with Crippen LogP contribution in [0.25, 0.3) is 0 Å². The summed E-state index contributed by atoms with van der Waals surface area (Å²) in [7, 11) is 1.90. The number of amides is 1. The third-order valence-corrected chi connectivity index (χ3v) is 7.11. The maximum Gasteiger partial charge on any atom is 0.326 e. The molecule has 2 heterocycles. The van der Waals surface area contributed by atoms with Crippen LogP contribution in [0.15, 0.2) is 85.2 Å². The minimum atomic E-state index is -1.01. The van der Waals surface area contributed by atoms with Crippen molar-refractivity contribution in [3.8, 4) is 0 Å². The minimum absolute atomic E-state index is 0.159. The second-order valence-electron chi connectivity index (χ2n) is 9.44. The van der Waals surface area contributed by atoms with Crippen LogP contribution in [0.3, 0.4) is 0 Å². The van der Waals surface area contributed by atoms with Gasteiger partial charge in [0.25, 0.3) is 0 Å². The molecule has 0 radical (unpaired) electrons. The van der Waals surface area contributed by atoms with Crippen molar-refractivity contribution >= 4 is 17.6 Å². The Morgan fingerprint density at radius 3 is 2.24 bits per heavy atom. The Morgan fingerprint density at radius 1 is 1.03 bits per heavy atom. The highest BCUT2D eigenvalue weighted by Gasteiger charge is 2.40. The summed E-state index contributed by atoms with van der Waals surface area (Å²) in [6.45, 7) is 2.80. The van der Waals surface area contributed by atoms with E-state index < -0.39 is 17.9 Å². The molecule has 1 aliphatic rings. The van der Waals surface area contributed by atoms with Crippen molar-refractivity contribution in [2.45, 2.75) is 38.4 Å². The number of aromatic nitrogens is 2. The van der Waals surface area contributed by atoms with Gasteiger partial charge in [0.05, 0.1) is 24.5 Å². The number of imidazole rings is 1. The zero-order valence-corrected chi connectivity index (χ0v) is 21.0. The standard InChI is InChI=1S/C30H30N4O3/c1-20-15-21(13-14-24(20)31-2)17-33-19-32-25-18-34(27(30(36)37)16-26(25)33)29(35)28(22-9-5-3-6-10-22)23-11-7-4-8-12-23/h3-15,19,27-28,31H,16-18H2,1-2H3,(H,36,37). The van der Waals surface area contributed by atoms with Gasteiger partial charge in [0, 0.05) is 31.4 Å². The fraction of sp³-hybridized carbons (Fsp3) is 0.233. The molecule has 0 spiro atoms. The molecular weight excluding hydrogens is 464 g/mol. The van der Waals surface area contributed by atoms with Crippen LogP contribution < -0.4 is 5.32 Å². The molecule has 188 valence electrons. The van der Waals surface area contributed by atoms with Crippen LogP contribution in [-0.4, -0.2) is 44.5 Å². The van der Waals surface area contributed by atoms with Gasteiger partial charge in [-0.15, -0.1) is 0 Å². The number of carboxylic acids is 1. The largest absolute Gasteiger partial charge is 0.480 e. The van der Waals surface area contributed by atoms with E-state index in [9.17, 15) is 14.7 Å². The van der Waals surface area contributed by atoms with Gasteiger partial charge in [-0.1, -0.05) is 72.8 Å². The zero-order valence-electron chi connectivity index (χ0n) is 21.0. The number of hydrogen-bond acceptors (Lipinski definition) is 4. The SMILES string of the molecule is CNc1ccc(Cn2cnc3c2CC(C(=O)O)N(C(=O)C(c2ccccc2)c2ccccc2)C3)cc1C. The van der Waals surface area contributed by atoms with Gasteiger partial charge < -0.3 is 19.9 Å². The molecule has 1 aromatic heterocycles. The topological polar surface area (TPSA) is 87.5 Å². The van der Waals surface area contributed by atoms with Gasteiger partial charge in [-0.2, -0.15) is 0 Å². The summed E-state index contributed by atoms with van der Waals surface area (Å²) in [6.07, 6.45) is 1.96. The number of carbonyl (C=O) groups is 2. The van der Waals surface area contributed by atoms with E-state index in [2.05, 4.69) is 29.4 Å². The van der Waals surface area contributed by atoms with Crippen LogP contribution in [0.5, 0.6) is 0 Å². The minimum Gasteiger partial charge on any atom is -0.480 e. The lowest BCUT2D eigenvalue weighted by molar-refractivity contribution is -0.151. The van der Waals surface area contributed by atoms with E-state index in [4.69, 9.17) is 0 Å². The summed E-state index contributed by atoms with van der Waals surface area (Å²) in [5.41, 5.74) is 6.59. The van der Waals surface area contributed by atoms with Crippen molar-refractivity contribution in [1.29, 1.82) is 0 Å². The molecular formula is C30H30N4O3. The average Bonchev–Trinajstić information content (AvgIpc) is 3.31. The quantitative estimate of drug-likeness (QED) is 0.396. The van der Waals surface area contributed by atoms with Crippen molar-refractivity contribution in [3.05, 3.63) is 119 Å². The number of fused-ring (bicyclic) bond motifs is 1. The number of aryl methyl sites for hydroxylation is 1. The Labute approximate surface area is 216 Å². The Bertz CT molecular complexity index is 1380. The highest BCUT2D eigenvalue weighted by molar-refractivity contribution is 5.91. The Morgan fingerprint density at radius 2 is 1.68 bits per heavy atom. The normalized spacial score (nSPS) is 14.9. The number of carbonyl (C=O) groups excluding carboxylic acids is 1. The van der Waals surface area contributed by atoms with E-state index in [1.165, 1.54) is 4.90 Å². The maximum atomic E-state index is 14.0. The fourth-order valence-electron chi connectivity index (χ4n) is 5.21. The summed E-state index contributed by atoms with van der Waals surface area (Å²) in [5, 5.41) is 13.4. The highest BCUT2D eigenvalue weighted by Crippen LogP contribution is 2.32. The van der Waals surface area contributed by atoms with Crippen LogP contribution in [0.2, 0.25) is 0 Å². The van der Waals surface area contributed by atoms with Crippen molar-refractivity contribution in [2.24, 2.45) is 0 Å². The molecule has 0 aliphatic carbocycles. The van der Waals surface area contributed by atoms with Gasteiger partial charge in [-0.05, 0) is 35.2 Å². The van der Waals surface area contributed by atoms with Crippen molar-refractivity contribution in [3.63, 3.8) is 0 Å². The third kappa shape index (κ3) is 4.85. The number of nitrogens with one attached hydrogen (secondary N) is 1. The summed E-state index contributed by atoms with van der Waals surface area (Å²) in [4.78, 5) is 32.6. The molecule has 3 aromatic carbocycles. The lowest BCUT2D eigenvalue weighted by atomic mass is 9.88. The Hall–Kier alpha value is -4.39. The molecule has 5 rings (SSSR count). The van der Waals surface area contributed by atoms with E-state index in [-0.39, 0.29) is 18.9 Å². The van der Waals surface area contributed by atoms with Gasteiger partial charge in [0.1, 0.15) is 6.04 Å². The summed E-state index contributed by atoms with van der Waals surface area (Å²) in [5.74, 6) is -1.84. The molecule has 7 heteroatoms. The lowest BCUT2D eigenvalue weighted by Gasteiger charge is -2.35. The molecule has 7 nitrogen and oxygen atoms in total. The first-order chi connectivity index (χ1) is 18.0. The van der Waals surface area contributed by atoms with Crippen molar-refractivity contribution in [1.82, 2.24) is 14.5 Å². The maximum absolute atomic E-state index is 14.0. The van der Waals surface area contributed by atoms with E-state index >= 15 is 0 Å². The predicted octanol–water partition coefficient (Wildman–Crippen LogP) is 4.45. The van der Waals surface area contributed by atoms with Crippen LogP contribution in [0.1, 0.15) is 39.6 Å². The second kappa shape index (κ2) is 10.3. The van der Waals surface area contributed by atoms with Crippen molar-refractivity contribution < 1.29 is 14.7 Å². The van der Waals surface area contributed by atoms with E-state index in [1.54, 1.807) is 6.33 Å². The third-order valence-electron chi connectivity index (χ3n) is 7.11. The fourth-order valence-corrected chi connectivity index (χ4v) is 5.21. The number of benzene rings is 3. The van der Waals surface area contributed by atoms with E-state index in [1.807, 2.05) is 78.3 Å². The van der Waals surface area contributed by atoms with Crippen LogP contribution >= 0.6 is 0 Å². The Balaban J connectivity index is 1.47. The van der Waals surface area contributed by atoms with Gasteiger partial charge >= 0.3 is 5.97 Å². The molecule has 37 heavy (non-hydrogen) atoms. The summed E-state index contributed by atoms with van der Waals surface area (Å²) in [6, 6.07) is 24.3. The first kappa shape index (κ1) is 24.3.